The topological polar surface area (TPSA) is 129 Å². The van der Waals surface area contributed by atoms with E-state index >= 15 is 0 Å². The number of nitrogens with zero attached hydrogens (tertiary/aromatic N) is 1. The standard InChI is InChI=1S/C30H39NO9S/c1-20(2)16-31(41(35,36)25-10-8-24(37-3)9-11-25)17-27(33)23(14-21-4-6-22(18-32)7-5-21)15-29(34)40-28-19-39-30-26(28)12-13-38-30/h4-11,18,20,23,26-28,30,33H,12-17,19H2,1-3H3/t23-,26+,27-,28+,30-/m1/s1. The lowest BCUT2D eigenvalue weighted by molar-refractivity contribution is -0.153. The number of sulfonamides is 1. The first-order valence-corrected chi connectivity index (χ1v) is 15.3. The Morgan fingerprint density at radius 2 is 1.80 bits per heavy atom. The van der Waals surface area contributed by atoms with Crippen LogP contribution in [0.2, 0.25) is 0 Å². The average molecular weight is 590 g/mol. The summed E-state index contributed by atoms with van der Waals surface area (Å²) < 4.78 is 50.6. The summed E-state index contributed by atoms with van der Waals surface area (Å²) >= 11 is 0. The first-order chi connectivity index (χ1) is 19.6. The van der Waals surface area contributed by atoms with E-state index in [-0.39, 0.29) is 55.6 Å². The van der Waals surface area contributed by atoms with Crippen LogP contribution in [0.15, 0.2) is 53.4 Å². The summed E-state index contributed by atoms with van der Waals surface area (Å²) in [6.07, 6.45) is -0.322. The Balaban J connectivity index is 1.53. The monoisotopic (exact) mass is 589 g/mol. The van der Waals surface area contributed by atoms with Gasteiger partial charge in [-0.15, -0.1) is 0 Å². The highest BCUT2D eigenvalue weighted by Crippen LogP contribution is 2.33. The molecule has 2 aliphatic heterocycles. The number of aldehydes is 1. The number of hydrogen-bond donors (Lipinski definition) is 1. The van der Waals surface area contributed by atoms with Crippen molar-refractivity contribution in [1.29, 1.82) is 0 Å². The fourth-order valence-electron chi connectivity index (χ4n) is 5.29. The Kier molecular flexibility index (Phi) is 10.5. The largest absolute Gasteiger partial charge is 0.497 e. The van der Waals surface area contributed by atoms with Crippen molar-refractivity contribution in [3.8, 4) is 5.75 Å². The van der Waals surface area contributed by atoms with Crippen molar-refractivity contribution in [2.45, 2.75) is 56.5 Å². The summed E-state index contributed by atoms with van der Waals surface area (Å²) in [7, 11) is -2.45. The van der Waals surface area contributed by atoms with E-state index in [1.54, 1.807) is 36.4 Å². The number of carbonyl (C=O) groups excluding carboxylic acids is 2. The molecule has 2 aliphatic rings. The molecule has 0 radical (unpaired) electrons. The number of benzene rings is 2. The predicted octanol–water partition coefficient (Wildman–Crippen LogP) is 3.07. The van der Waals surface area contributed by atoms with Crippen LogP contribution in [0.3, 0.4) is 0 Å². The quantitative estimate of drug-likeness (QED) is 0.261. The Morgan fingerprint density at radius 1 is 1.10 bits per heavy atom. The number of carbonyl (C=O) groups is 2. The minimum Gasteiger partial charge on any atom is -0.497 e. The molecule has 2 aromatic carbocycles. The van der Waals surface area contributed by atoms with Crippen LogP contribution >= 0.6 is 0 Å². The molecule has 0 amide bonds. The van der Waals surface area contributed by atoms with E-state index in [1.165, 1.54) is 23.5 Å². The van der Waals surface area contributed by atoms with Gasteiger partial charge in [0, 0.05) is 24.6 Å². The van der Waals surface area contributed by atoms with Crippen LogP contribution in [0, 0.1) is 17.8 Å². The first-order valence-electron chi connectivity index (χ1n) is 13.9. The molecular weight excluding hydrogens is 550 g/mol. The summed E-state index contributed by atoms with van der Waals surface area (Å²) in [5.41, 5.74) is 1.31. The average Bonchev–Trinajstić information content (AvgIpc) is 3.57. The minimum absolute atomic E-state index is 0.0153. The van der Waals surface area contributed by atoms with Crippen molar-refractivity contribution in [3.05, 3.63) is 59.7 Å². The van der Waals surface area contributed by atoms with Gasteiger partial charge in [-0.05, 0) is 48.6 Å². The number of rotatable bonds is 14. The van der Waals surface area contributed by atoms with Crippen molar-refractivity contribution in [2.75, 3.05) is 33.4 Å². The molecule has 2 aromatic rings. The van der Waals surface area contributed by atoms with Crippen LogP contribution in [-0.4, -0.2) is 82.0 Å². The first kappa shape index (κ1) is 31.1. The molecule has 5 atom stereocenters. The lowest BCUT2D eigenvalue weighted by Crippen LogP contribution is -2.43. The van der Waals surface area contributed by atoms with Crippen LogP contribution in [0.25, 0.3) is 0 Å². The van der Waals surface area contributed by atoms with Gasteiger partial charge in [0.2, 0.25) is 10.0 Å². The normalized spacial score (nSPS) is 22.0. The van der Waals surface area contributed by atoms with Gasteiger partial charge in [0.1, 0.15) is 18.1 Å². The second-order valence-corrected chi connectivity index (χ2v) is 13.0. The maximum Gasteiger partial charge on any atom is 0.306 e. The van der Waals surface area contributed by atoms with E-state index in [0.717, 1.165) is 18.3 Å². The number of methoxy groups -OCH3 is 1. The highest BCUT2D eigenvalue weighted by molar-refractivity contribution is 7.89. The summed E-state index contributed by atoms with van der Waals surface area (Å²) in [5, 5.41) is 11.5. The maximum absolute atomic E-state index is 13.6. The second-order valence-electron chi connectivity index (χ2n) is 11.0. The van der Waals surface area contributed by atoms with Crippen molar-refractivity contribution < 1.29 is 42.1 Å². The van der Waals surface area contributed by atoms with Gasteiger partial charge < -0.3 is 24.1 Å². The van der Waals surface area contributed by atoms with E-state index in [9.17, 15) is 23.1 Å². The zero-order chi connectivity index (χ0) is 29.6. The molecule has 0 bridgehead atoms. The van der Waals surface area contributed by atoms with E-state index in [4.69, 9.17) is 18.9 Å². The molecule has 0 saturated carbocycles. The molecule has 0 unspecified atom stereocenters. The second kappa shape index (κ2) is 13.9. The SMILES string of the molecule is COc1ccc(S(=O)(=O)N(CC(C)C)C[C@@H](O)[C@@H](CC(=O)O[C@H]2CO[C@H]3OCC[C@H]32)Cc2ccc(C=O)cc2)cc1. The number of esters is 1. The molecule has 1 N–H and O–H groups in total. The van der Waals surface area contributed by atoms with Crippen LogP contribution < -0.4 is 4.74 Å². The van der Waals surface area contributed by atoms with E-state index < -0.39 is 34.1 Å². The summed E-state index contributed by atoms with van der Waals surface area (Å²) in [6, 6.07) is 13.0. The smallest absolute Gasteiger partial charge is 0.306 e. The lowest BCUT2D eigenvalue weighted by Gasteiger charge is -2.30. The highest BCUT2D eigenvalue weighted by atomic mass is 32.2. The fraction of sp³-hybridized carbons (Fsp3) is 0.533. The maximum atomic E-state index is 13.6. The minimum atomic E-state index is -3.96. The molecule has 2 fully saturated rings. The Bertz CT molecular complexity index is 1260. The van der Waals surface area contributed by atoms with Gasteiger partial charge in [0.15, 0.2) is 6.29 Å². The van der Waals surface area contributed by atoms with Crippen molar-refractivity contribution in [2.24, 2.45) is 17.8 Å². The highest BCUT2D eigenvalue weighted by Gasteiger charge is 2.44. The number of hydrogen-bond acceptors (Lipinski definition) is 9. The molecule has 0 spiro atoms. The van der Waals surface area contributed by atoms with Crippen molar-refractivity contribution in [3.63, 3.8) is 0 Å². The van der Waals surface area contributed by atoms with Gasteiger partial charge in [-0.2, -0.15) is 4.31 Å². The Morgan fingerprint density at radius 3 is 2.44 bits per heavy atom. The summed E-state index contributed by atoms with van der Waals surface area (Å²) in [6.45, 7) is 4.58. The third-order valence-corrected chi connectivity index (χ3v) is 9.36. The number of ether oxygens (including phenoxy) is 4. The molecule has 10 nitrogen and oxygen atoms in total. The van der Waals surface area contributed by atoms with Crippen LogP contribution in [0.5, 0.6) is 5.75 Å². The van der Waals surface area contributed by atoms with Crippen LogP contribution in [0.4, 0.5) is 0 Å². The molecular formula is C30H39NO9S. The Hall–Kier alpha value is -2.83. The predicted molar refractivity (Wildman–Crippen MR) is 150 cm³/mol. The zero-order valence-corrected chi connectivity index (χ0v) is 24.5. The molecule has 4 rings (SSSR count). The van der Waals surface area contributed by atoms with E-state index in [2.05, 4.69) is 0 Å². The molecule has 2 heterocycles. The van der Waals surface area contributed by atoms with Gasteiger partial charge >= 0.3 is 5.97 Å². The third kappa shape index (κ3) is 7.92. The van der Waals surface area contributed by atoms with Crippen molar-refractivity contribution >= 4 is 22.3 Å². The third-order valence-electron chi connectivity index (χ3n) is 7.51. The zero-order valence-electron chi connectivity index (χ0n) is 23.7. The van der Waals surface area contributed by atoms with Crippen LogP contribution in [0.1, 0.15) is 42.6 Å². The number of aliphatic hydroxyl groups is 1. The summed E-state index contributed by atoms with van der Waals surface area (Å²) in [4.78, 5) is 24.3. The summed E-state index contributed by atoms with van der Waals surface area (Å²) in [5.74, 6) is -0.647. The van der Waals surface area contributed by atoms with Crippen molar-refractivity contribution in [1.82, 2.24) is 4.31 Å². The van der Waals surface area contributed by atoms with E-state index in [0.29, 0.717) is 17.9 Å². The molecule has 41 heavy (non-hydrogen) atoms. The number of fused-ring (bicyclic) bond motifs is 1. The molecule has 0 aliphatic carbocycles. The molecule has 2 saturated heterocycles. The van der Waals surface area contributed by atoms with Gasteiger partial charge in [-0.3, -0.25) is 9.59 Å². The van der Waals surface area contributed by atoms with Crippen LogP contribution in [-0.2, 0) is 35.4 Å². The van der Waals surface area contributed by atoms with Gasteiger partial charge in [-0.1, -0.05) is 38.1 Å². The van der Waals surface area contributed by atoms with Gasteiger partial charge in [-0.25, -0.2) is 8.42 Å². The lowest BCUT2D eigenvalue weighted by atomic mass is 9.90. The molecule has 0 aromatic heterocycles. The Labute approximate surface area is 241 Å². The molecule has 224 valence electrons. The molecule has 11 heteroatoms. The van der Waals surface area contributed by atoms with E-state index in [1.807, 2.05) is 13.8 Å². The number of aliphatic hydroxyl groups excluding tert-OH is 1. The fourth-order valence-corrected chi connectivity index (χ4v) is 6.91. The van der Waals surface area contributed by atoms with Gasteiger partial charge in [0.25, 0.3) is 0 Å². The van der Waals surface area contributed by atoms with Gasteiger partial charge in [0.05, 0.1) is 43.7 Å².